The van der Waals surface area contributed by atoms with Crippen LogP contribution in [0.5, 0.6) is 0 Å². The van der Waals surface area contributed by atoms with Crippen molar-refractivity contribution in [2.45, 2.75) is 0 Å². The molecule has 0 unspecified atom stereocenters. The Bertz CT molecular complexity index is 441. The molecule has 1 aromatic carbocycles. The monoisotopic (exact) mass is 214 g/mol. The number of non-ortho nitro benzene ring substituents is 1. The Morgan fingerprint density at radius 2 is 2.23 bits per heavy atom. The average molecular weight is 214 g/mol. The lowest BCUT2D eigenvalue weighted by atomic mass is 10.3. The summed E-state index contributed by atoms with van der Waals surface area (Å²) in [6.07, 6.45) is 0. The van der Waals surface area contributed by atoms with Gasteiger partial charge in [-0.05, 0) is 6.07 Å². The Morgan fingerprint density at radius 3 is 2.92 bits per heavy atom. The summed E-state index contributed by atoms with van der Waals surface area (Å²) in [4.78, 5) is 13.9. The summed E-state index contributed by atoms with van der Waals surface area (Å²) in [7, 11) is 0. The van der Waals surface area contributed by atoms with Gasteiger partial charge in [0.2, 0.25) is 0 Å². The van der Waals surface area contributed by atoms with Gasteiger partial charge in [0.05, 0.1) is 20.7 Å². The third-order valence-electron chi connectivity index (χ3n) is 1.52. The first-order chi connectivity index (χ1) is 5.77. The summed E-state index contributed by atoms with van der Waals surface area (Å²) in [6, 6.07) is 4.68. The van der Waals surface area contributed by atoms with E-state index >= 15 is 0 Å². The van der Waals surface area contributed by atoms with Gasteiger partial charge >= 0.3 is 0 Å². The minimum atomic E-state index is -0.418. The van der Waals surface area contributed by atoms with Gasteiger partial charge in [0.25, 0.3) is 5.69 Å². The van der Waals surface area contributed by atoms with Gasteiger partial charge in [0.1, 0.15) is 0 Å². The minimum Gasteiger partial charge on any atom is -0.258 e. The number of thiazole rings is 1. The van der Waals surface area contributed by atoms with E-state index < -0.39 is 4.92 Å². The van der Waals surface area contributed by atoms with E-state index in [2.05, 4.69) is 4.98 Å². The lowest BCUT2D eigenvalue weighted by Gasteiger charge is -1.89. The Labute approximate surface area is 84.8 Å². The number of fused-ring (bicyclic) bond motifs is 1. The highest BCUT2D eigenvalue weighted by atomic mass is 32.1. The molecule has 0 amide bonds. The van der Waals surface area contributed by atoms with E-state index in [1.807, 2.05) is 0 Å². The van der Waals surface area contributed by atoms with E-state index in [1.54, 1.807) is 11.6 Å². The van der Waals surface area contributed by atoms with E-state index in [0.717, 1.165) is 4.70 Å². The second-order valence-corrected chi connectivity index (χ2v) is 3.15. The van der Waals surface area contributed by atoms with Crippen LogP contribution in [0.3, 0.4) is 0 Å². The second-order valence-electron chi connectivity index (χ2n) is 2.26. The first-order valence-corrected chi connectivity index (χ1v) is 4.13. The van der Waals surface area contributed by atoms with Gasteiger partial charge < -0.3 is 0 Å². The summed E-state index contributed by atoms with van der Waals surface area (Å²) < 4.78 is 0.973. The number of hydrogen-bond donors (Lipinski definition) is 0. The fourth-order valence-corrected chi connectivity index (χ4v) is 1.62. The van der Waals surface area contributed by atoms with Crippen LogP contribution in [0.2, 0.25) is 0 Å². The Morgan fingerprint density at radius 1 is 1.46 bits per heavy atom. The molecule has 68 valence electrons. The molecule has 0 aliphatic rings. The quantitative estimate of drug-likeness (QED) is 0.540. The Kier molecular flexibility index (Phi) is 2.84. The molecule has 4 nitrogen and oxygen atoms in total. The number of nitro benzene ring substituents is 1. The van der Waals surface area contributed by atoms with E-state index in [9.17, 15) is 10.1 Å². The molecule has 0 fully saturated rings. The average Bonchev–Trinajstić information content (AvgIpc) is 2.49. The summed E-state index contributed by atoms with van der Waals surface area (Å²) in [5.74, 6) is 0. The van der Waals surface area contributed by atoms with Gasteiger partial charge in [-0.25, -0.2) is 4.98 Å². The molecule has 0 saturated heterocycles. The zero-order chi connectivity index (χ0) is 8.55. The zero-order valence-electron chi connectivity index (χ0n) is 6.43. The lowest BCUT2D eigenvalue weighted by molar-refractivity contribution is -0.384. The molecule has 0 radical (unpaired) electrons. The molecule has 0 aliphatic carbocycles. The van der Waals surface area contributed by atoms with Crippen molar-refractivity contribution in [1.29, 1.82) is 0 Å². The van der Waals surface area contributed by atoms with E-state index in [4.69, 9.17) is 0 Å². The largest absolute Gasteiger partial charge is 0.271 e. The number of nitro groups is 1. The second kappa shape index (κ2) is 3.71. The number of rotatable bonds is 1. The molecule has 6 heteroatoms. The van der Waals surface area contributed by atoms with Crippen molar-refractivity contribution in [3.05, 3.63) is 33.8 Å². The molecule has 0 atom stereocenters. The van der Waals surface area contributed by atoms with Crippen LogP contribution in [0.1, 0.15) is 0 Å². The van der Waals surface area contributed by atoms with Crippen molar-refractivity contribution < 1.29 is 4.92 Å². The molecule has 1 heterocycles. The standard InChI is InChI=1S/C7H4N2O2S.H2S/c10-9(11)5-1-2-7-6(3-5)8-4-12-7;/h1-4H;1H2. The molecule has 2 aromatic rings. The van der Waals surface area contributed by atoms with Crippen molar-refractivity contribution in [2.75, 3.05) is 0 Å². The van der Waals surface area contributed by atoms with Crippen LogP contribution in [-0.2, 0) is 0 Å². The van der Waals surface area contributed by atoms with Crippen LogP contribution in [0.25, 0.3) is 10.2 Å². The maximum Gasteiger partial charge on any atom is 0.271 e. The molecule has 13 heavy (non-hydrogen) atoms. The van der Waals surface area contributed by atoms with Crippen molar-refractivity contribution in [2.24, 2.45) is 0 Å². The van der Waals surface area contributed by atoms with Gasteiger partial charge in [-0.3, -0.25) is 10.1 Å². The summed E-state index contributed by atoms with van der Waals surface area (Å²) >= 11 is 1.47. The zero-order valence-corrected chi connectivity index (χ0v) is 8.25. The number of aromatic nitrogens is 1. The van der Waals surface area contributed by atoms with Crippen molar-refractivity contribution in [3.8, 4) is 0 Å². The van der Waals surface area contributed by atoms with Crippen molar-refractivity contribution >= 4 is 40.7 Å². The highest BCUT2D eigenvalue weighted by Gasteiger charge is 2.06. The first-order valence-electron chi connectivity index (χ1n) is 3.25. The highest BCUT2D eigenvalue weighted by molar-refractivity contribution is 7.59. The molecule has 2 rings (SSSR count). The third kappa shape index (κ3) is 1.78. The molecule has 0 saturated carbocycles. The van der Waals surface area contributed by atoms with Crippen LogP contribution in [0.4, 0.5) is 5.69 Å². The fourth-order valence-electron chi connectivity index (χ4n) is 0.960. The van der Waals surface area contributed by atoms with Crippen LogP contribution in [0.15, 0.2) is 23.7 Å². The predicted octanol–water partition coefficient (Wildman–Crippen LogP) is 2.32. The minimum absolute atomic E-state index is 0. The maximum atomic E-state index is 10.3. The molecule has 0 N–H and O–H groups in total. The van der Waals surface area contributed by atoms with Gasteiger partial charge in [-0.1, -0.05) is 0 Å². The summed E-state index contributed by atoms with van der Waals surface area (Å²) in [5, 5.41) is 10.3. The van der Waals surface area contributed by atoms with Crippen molar-refractivity contribution in [1.82, 2.24) is 4.98 Å². The molecule has 0 aliphatic heterocycles. The van der Waals surface area contributed by atoms with Crippen LogP contribution < -0.4 is 0 Å². The van der Waals surface area contributed by atoms with E-state index in [1.165, 1.54) is 23.5 Å². The summed E-state index contributed by atoms with van der Waals surface area (Å²) in [5.41, 5.74) is 2.46. The summed E-state index contributed by atoms with van der Waals surface area (Å²) in [6.45, 7) is 0. The van der Waals surface area contributed by atoms with Crippen LogP contribution in [0, 0.1) is 10.1 Å². The molecule has 1 aromatic heterocycles. The van der Waals surface area contributed by atoms with Gasteiger partial charge in [0, 0.05) is 12.1 Å². The molecular formula is C7H6N2O2S2. The smallest absolute Gasteiger partial charge is 0.258 e. The Hall–Kier alpha value is -1.14. The van der Waals surface area contributed by atoms with Crippen LogP contribution in [-0.4, -0.2) is 9.91 Å². The van der Waals surface area contributed by atoms with E-state index in [0.29, 0.717) is 5.52 Å². The van der Waals surface area contributed by atoms with E-state index in [-0.39, 0.29) is 19.2 Å². The molecule has 0 spiro atoms. The molecular weight excluding hydrogens is 208 g/mol. The SMILES string of the molecule is O=[N+]([O-])c1ccc2scnc2c1.S. The third-order valence-corrected chi connectivity index (χ3v) is 2.33. The molecule has 0 bridgehead atoms. The predicted molar refractivity (Wildman–Crippen MR) is 56.7 cm³/mol. The normalized spacial score (nSPS) is 9.54. The highest BCUT2D eigenvalue weighted by Crippen LogP contribution is 2.22. The van der Waals surface area contributed by atoms with Gasteiger partial charge in [-0.15, -0.1) is 11.3 Å². The van der Waals surface area contributed by atoms with Gasteiger partial charge in [-0.2, -0.15) is 13.5 Å². The lowest BCUT2D eigenvalue weighted by Crippen LogP contribution is -1.86. The first kappa shape index (κ1) is 9.94. The fraction of sp³-hybridized carbons (Fsp3) is 0. The number of hydrogen-bond acceptors (Lipinski definition) is 4. The Balaban J connectivity index is 0.000000845. The number of nitrogens with zero attached hydrogens (tertiary/aromatic N) is 2. The maximum absolute atomic E-state index is 10.3. The van der Waals surface area contributed by atoms with Crippen LogP contribution >= 0.6 is 24.8 Å². The van der Waals surface area contributed by atoms with Gasteiger partial charge in [0.15, 0.2) is 0 Å². The van der Waals surface area contributed by atoms with Crippen molar-refractivity contribution in [3.63, 3.8) is 0 Å². The topological polar surface area (TPSA) is 56.0 Å². The number of benzene rings is 1.